The molecule has 1 aromatic heterocycles. The van der Waals surface area contributed by atoms with Crippen molar-refractivity contribution in [3.63, 3.8) is 0 Å². The molecule has 0 unspecified atom stereocenters. The van der Waals surface area contributed by atoms with E-state index < -0.39 is 23.2 Å². The molecule has 5 rings (SSSR count). The lowest BCUT2D eigenvalue weighted by molar-refractivity contribution is -0.137. The molecule has 0 saturated heterocycles. The summed E-state index contributed by atoms with van der Waals surface area (Å²) in [5, 5.41) is 7.81. The summed E-state index contributed by atoms with van der Waals surface area (Å²) in [5.74, 6) is -0.237. The van der Waals surface area contributed by atoms with E-state index in [2.05, 4.69) is 15.4 Å². The van der Waals surface area contributed by atoms with Gasteiger partial charge in [-0.2, -0.15) is 22.9 Å². The van der Waals surface area contributed by atoms with Crippen LogP contribution in [0.15, 0.2) is 94.8 Å². The number of nitrogens with zero attached hydrogens (tertiary/aromatic N) is 3. The molecule has 13 heteroatoms. The van der Waals surface area contributed by atoms with Gasteiger partial charge < -0.3 is 14.8 Å². The maximum absolute atomic E-state index is 13.5. The van der Waals surface area contributed by atoms with Gasteiger partial charge >= 0.3 is 6.18 Å². The maximum atomic E-state index is 13.5. The van der Waals surface area contributed by atoms with Crippen LogP contribution in [0.5, 0.6) is 11.5 Å². The minimum Gasteiger partial charge on any atom is -0.490 e. The fourth-order valence-corrected chi connectivity index (χ4v) is 4.71. The average molecular weight is 655 g/mol. The van der Waals surface area contributed by atoms with Gasteiger partial charge in [0.25, 0.3) is 11.5 Å². The molecule has 230 valence electrons. The molecule has 0 aliphatic carbocycles. The van der Waals surface area contributed by atoms with Crippen LogP contribution in [-0.4, -0.2) is 35.0 Å². The lowest BCUT2D eigenvalue weighted by Crippen LogP contribution is -2.21. The highest BCUT2D eigenvalue weighted by Gasteiger charge is 2.31. The Balaban J connectivity index is 1.48. The van der Waals surface area contributed by atoms with Gasteiger partial charge in [-0.05, 0) is 73.2 Å². The Labute approximate surface area is 264 Å². The van der Waals surface area contributed by atoms with Crippen LogP contribution in [0.4, 0.5) is 18.9 Å². The summed E-state index contributed by atoms with van der Waals surface area (Å²) in [7, 11) is 0. The molecule has 45 heavy (non-hydrogen) atoms. The molecule has 0 radical (unpaired) electrons. The highest BCUT2D eigenvalue weighted by Crippen LogP contribution is 2.37. The Hall–Kier alpha value is -4.87. The number of rotatable bonds is 9. The normalized spacial score (nSPS) is 11.6. The number of para-hydroxylation sites is 1. The first-order valence-electron chi connectivity index (χ1n) is 13.4. The van der Waals surface area contributed by atoms with E-state index in [0.717, 1.165) is 16.8 Å². The largest absolute Gasteiger partial charge is 0.490 e. The molecule has 1 N–H and O–H groups in total. The second-order valence-corrected chi connectivity index (χ2v) is 10.3. The molecular weight excluding hydrogens is 632 g/mol. The molecule has 4 aromatic carbocycles. The number of hydrogen-bond donors (Lipinski definition) is 1. The number of fused-ring (bicyclic) bond motifs is 1. The number of nitrogens with one attached hydrogen (secondary N) is 1. The smallest absolute Gasteiger partial charge is 0.416 e. The number of carbonyl (C=O) groups excluding carboxylic acids is 1. The standard InChI is InChI=1S/C32H23Cl2F3N4O4/c1-2-44-27-15-19(14-25(34)29(27)45-18-28(42)39-23-12-10-22(33)11-13-23)17-38-41-30(20-6-5-7-21(16-20)32(35,36)37)40-26-9-4-3-8-24(26)31(41)43/h3-17H,2,18H2,1H3,(H,39,42). The summed E-state index contributed by atoms with van der Waals surface area (Å²) in [6.07, 6.45) is -3.31. The van der Waals surface area contributed by atoms with E-state index >= 15 is 0 Å². The zero-order valence-electron chi connectivity index (χ0n) is 23.4. The Bertz CT molecular complexity index is 1960. The van der Waals surface area contributed by atoms with Gasteiger partial charge in [0.2, 0.25) is 0 Å². The summed E-state index contributed by atoms with van der Waals surface area (Å²) in [6, 6.07) is 20.5. The van der Waals surface area contributed by atoms with Crippen LogP contribution < -0.4 is 20.3 Å². The number of amides is 1. The van der Waals surface area contributed by atoms with Crippen molar-refractivity contribution in [2.24, 2.45) is 5.10 Å². The van der Waals surface area contributed by atoms with Gasteiger partial charge in [0.05, 0.1) is 34.3 Å². The van der Waals surface area contributed by atoms with E-state index in [1.54, 1.807) is 55.5 Å². The van der Waals surface area contributed by atoms with Crippen molar-refractivity contribution >= 4 is 51.9 Å². The number of benzene rings is 4. The van der Waals surface area contributed by atoms with Crippen molar-refractivity contribution in [2.75, 3.05) is 18.5 Å². The molecule has 0 atom stereocenters. The molecule has 0 bridgehead atoms. The third kappa shape index (κ3) is 7.44. The molecule has 0 spiro atoms. The lowest BCUT2D eigenvalue weighted by atomic mass is 10.1. The van der Waals surface area contributed by atoms with Crippen molar-refractivity contribution in [1.29, 1.82) is 0 Å². The Morgan fingerprint density at radius 1 is 1.00 bits per heavy atom. The van der Waals surface area contributed by atoms with Crippen molar-refractivity contribution in [3.05, 3.63) is 116 Å². The molecular formula is C32H23Cl2F3N4O4. The van der Waals surface area contributed by atoms with E-state index in [9.17, 15) is 22.8 Å². The Kier molecular flexibility index (Phi) is 9.40. The monoisotopic (exact) mass is 654 g/mol. The van der Waals surface area contributed by atoms with Crippen molar-refractivity contribution in [2.45, 2.75) is 13.1 Å². The number of ether oxygens (including phenoxy) is 2. The number of alkyl halides is 3. The van der Waals surface area contributed by atoms with Gasteiger partial charge in [-0.25, -0.2) is 4.98 Å². The average Bonchev–Trinajstić information content (AvgIpc) is 3.01. The minimum absolute atomic E-state index is 0.0403. The SMILES string of the molecule is CCOc1cc(C=Nn2c(-c3cccc(C(F)(F)F)c3)nc3ccccc3c2=O)cc(Cl)c1OCC(=O)Nc1ccc(Cl)cc1. The summed E-state index contributed by atoms with van der Waals surface area (Å²) < 4.78 is 52.8. The van der Waals surface area contributed by atoms with E-state index in [-0.39, 0.29) is 46.5 Å². The molecule has 0 saturated carbocycles. The highest BCUT2D eigenvalue weighted by atomic mass is 35.5. The number of hydrogen-bond acceptors (Lipinski definition) is 6. The van der Waals surface area contributed by atoms with Crippen LogP contribution in [0.1, 0.15) is 18.1 Å². The Morgan fingerprint density at radius 2 is 1.76 bits per heavy atom. The van der Waals surface area contributed by atoms with Crippen molar-refractivity contribution < 1.29 is 27.4 Å². The first-order chi connectivity index (χ1) is 21.5. The number of anilines is 1. The van der Waals surface area contributed by atoms with Gasteiger partial charge in [0, 0.05) is 16.3 Å². The van der Waals surface area contributed by atoms with Gasteiger partial charge in [-0.3, -0.25) is 9.59 Å². The zero-order valence-corrected chi connectivity index (χ0v) is 25.0. The third-order valence-electron chi connectivity index (χ3n) is 6.33. The first kappa shape index (κ1) is 31.6. The first-order valence-corrected chi connectivity index (χ1v) is 14.2. The maximum Gasteiger partial charge on any atom is 0.416 e. The lowest BCUT2D eigenvalue weighted by Gasteiger charge is -2.15. The van der Waals surface area contributed by atoms with Gasteiger partial charge in [-0.15, -0.1) is 0 Å². The van der Waals surface area contributed by atoms with Crippen LogP contribution in [0, 0.1) is 0 Å². The number of halogens is 5. The van der Waals surface area contributed by atoms with Gasteiger partial charge in [0.1, 0.15) is 0 Å². The van der Waals surface area contributed by atoms with Crippen LogP contribution in [0.3, 0.4) is 0 Å². The summed E-state index contributed by atoms with van der Waals surface area (Å²) in [6.45, 7) is 1.60. The fraction of sp³-hybridized carbons (Fsp3) is 0.125. The molecule has 0 aliphatic rings. The Morgan fingerprint density at radius 3 is 2.49 bits per heavy atom. The van der Waals surface area contributed by atoms with E-state index in [4.69, 9.17) is 32.7 Å². The second kappa shape index (κ2) is 13.4. The van der Waals surface area contributed by atoms with Gasteiger partial charge in [0.15, 0.2) is 23.9 Å². The van der Waals surface area contributed by atoms with Crippen molar-refractivity contribution in [3.8, 4) is 22.9 Å². The molecule has 0 aliphatic heterocycles. The van der Waals surface area contributed by atoms with Crippen molar-refractivity contribution in [1.82, 2.24) is 9.66 Å². The fourth-order valence-electron chi connectivity index (χ4n) is 4.31. The molecule has 1 heterocycles. The van der Waals surface area contributed by atoms with Gasteiger partial charge in [-0.1, -0.05) is 47.5 Å². The van der Waals surface area contributed by atoms with E-state index in [1.165, 1.54) is 30.5 Å². The predicted molar refractivity (Wildman–Crippen MR) is 168 cm³/mol. The summed E-state index contributed by atoms with van der Waals surface area (Å²) in [5.41, 5.74) is -0.256. The summed E-state index contributed by atoms with van der Waals surface area (Å²) in [4.78, 5) is 30.4. The van der Waals surface area contributed by atoms with Crippen LogP contribution in [0.25, 0.3) is 22.3 Å². The number of aromatic nitrogens is 2. The predicted octanol–water partition coefficient (Wildman–Crippen LogP) is 7.69. The molecule has 1 amide bonds. The highest BCUT2D eigenvalue weighted by molar-refractivity contribution is 6.32. The molecule has 0 fully saturated rings. The molecule has 8 nitrogen and oxygen atoms in total. The molecule has 5 aromatic rings. The number of carbonyl (C=O) groups is 1. The summed E-state index contributed by atoms with van der Waals surface area (Å²) >= 11 is 12.4. The third-order valence-corrected chi connectivity index (χ3v) is 6.86. The van der Waals surface area contributed by atoms with Crippen LogP contribution >= 0.6 is 23.2 Å². The minimum atomic E-state index is -4.60. The topological polar surface area (TPSA) is 94.8 Å². The van der Waals surface area contributed by atoms with Crippen LogP contribution in [0.2, 0.25) is 10.0 Å². The second-order valence-electron chi connectivity index (χ2n) is 9.50. The quantitative estimate of drug-likeness (QED) is 0.164. The van der Waals surface area contributed by atoms with Crippen LogP contribution in [-0.2, 0) is 11.0 Å². The van der Waals surface area contributed by atoms with E-state index in [1.807, 2.05) is 0 Å². The zero-order chi connectivity index (χ0) is 32.1. The van der Waals surface area contributed by atoms with E-state index in [0.29, 0.717) is 21.8 Å².